The lowest BCUT2D eigenvalue weighted by Gasteiger charge is -2.14. The Hall–Kier alpha value is 0.797. The Morgan fingerprint density at radius 1 is 0.889 bits per heavy atom. The Morgan fingerprint density at radius 2 is 1.33 bits per heavy atom. The van der Waals surface area contributed by atoms with Crippen LogP contribution in [0.4, 0.5) is 0 Å². The van der Waals surface area contributed by atoms with Crippen molar-refractivity contribution in [3.63, 3.8) is 0 Å². The molecule has 0 amide bonds. The molecule has 1 heterocycles. The van der Waals surface area contributed by atoms with Crippen LogP contribution in [0, 0.1) is 0 Å². The SMILES string of the molecule is C[SiH]1CCCCC1.Cl.Cl. The van der Waals surface area contributed by atoms with Crippen LogP contribution in [0.5, 0.6) is 0 Å². The third-order valence-electron chi connectivity index (χ3n) is 1.89. The van der Waals surface area contributed by atoms with E-state index in [9.17, 15) is 0 Å². The standard InChI is InChI=1S/C6H14Si.2ClH/c1-7-5-3-2-4-6-7;;/h7H,2-6H2,1H3;2*1H. The van der Waals surface area contributed by atoms with E-state index >= 15 is 0 Å². The van der Waals surface area contributed by atoms with Crippen LogP contribution in [0.25, 0.3) is 0 Å². The fraction of sp³-hybridized carbons (Fsp3) is 1.00. The molecule has 0 aromatic rings. The van der Waals surface area contributed by atoms with Gasteiger partial charge in [0.25, 0.3) is 0 Å². The molecule has 0 spiro atoms. The van der Waals surface area contributed by atoms with Crippen molar-refractivity contribution in [2.45, 2.75) is 37.9 Å². The number of halogens is 2. The minimum absolute atomic E-state index is 0. The molecule has 1 rings (SSSR count). The molecule has 1 fully saturated rings. The summed E-state index contributed by atoms with van der Waals surface area (Å²) in [4.78, 5) is 0. The van der Waals surface area contributed by atoms with Crippen LogP contribution < -0.4 is 0 Å². The van der Waals surface area contributed by atoms with Gasteiger partial charge in [-0.15, -0.1) is 24.8 Å². The second kappa shape index (κ2) is 6.91. The molecule has 0 nitrogen and oxygen atoms in total. The fourth-order valence-electron chi connectivity index (χ4n) is 1.31. The van der Waals surface area contributed by atoms with Crippen molar-refractivity contribution >= 4 is 33.6 Å². The van der Waals surface area contributed by atoms with Gasteiger partial charge in [0, 0.05) is 8.80 Å². The van der Waals surface area contributed by atoms with Gasteiger partial charge in [-0.3, -0.25) is 0 Å². The molecule has 58 valence electrons. The smallest absolute Gasteiger partial charge is 0.0336 e. The van der Waals surface area contributed by atoms with Gasteiger partial charge in [0.1, 0.15) is 0 Å². The highest BCUT2D eigenvalue weighted by Gasteiger charge is 2.07. The van der Waals surface area contributed by atoms with Crippen LogP contribution in [0.15, 0.2) is 0 Å². The molecule has 0 unspecified atom stereocenters. The predicted octanol–water partition coefficient (Wildman–Crippen LogP) is 2.87. The Bertz CT molecular complexity index is 53.0. The van der Waals surface area contributed by atoms with E-state index < -0.39 is 0 Å². The maximum atomic E-state index is 2.50. The summed E-state index contributed by atoms with van der Waals surface area (Å²) in [6.45, 7) is 2.50. The third kappa shape index (κ3) is 5.25. The van der Waals surface area contributed by atoms with Crippen LogP contribution in [0.3, 0.4) is 0 Å². The first-order chi connectivity index (χ1) is 3.39. The minimum Gasteiger partial charge on any atom is -0.147 e. The van der Waals surface area contributed by atoms with E-state index in [1.54, 1.807) is 24.9 Å². The Balaban J connectivity index is 0. The van der Waals surface area contributed by atoms with Crippen LogP contribution in [-0.4, -0.2) is 8.80 Å². The summed E-state index contributed by atoms with van der Waals surface area (Å²) in [6.07, 6.45) is 4.62. The zero-order valence-electron chi connectivity index (χ0n) is 5.93. The molecule has 0 aliphatic carbocycles. The Morgan fingerprint density at radius 3 is 1.56 bits per heavy atom. The highest BCUT2D eigenvalue weighted by molar-refractivity contribution is 6.57. The van der Waals surface area contributed by atoms with Gasteiger partial charge < -0.3 is 0 Å². The van der Waals surface area contributed by atoms with Gasteiger partial charge in [0.05, 0.1) is 0 Å². The first-order valence-corrected chi connectivity index (χ1v) is 6.18. The van der Waals surface area contributed by atoms with Crippen LogP contribution in [0.1, 0.15) is 19.3 Å². The van der Waals surface area contributed by atoms with Gasteiger partial charge in [-0.1, -0.05) is 37.9 Å². The fourth-order valence-corrected chi connectivity index (χ4v) is 3.57. The lowest BCUT2D eigenvalue weighted by Crippen LogP contribution is -2.09. The van der Waals surface area contributed by atoms with E-state index in [1.807, 2.05) is 0 Å². The second-order valence-corrected chi connectivity index (χ2v) is 6.11. The minimum atomic E-state index is -0.0945. The van der Waals surface area contributed by atoms with Crippen molar-refractivity contribution in [2.75, 3.05) is 0 Å². The Labute approximate surface area is 71.8 Å². The van der Waals surface area contributed by atoms with Gasteiger partial charge >= 0.3 is 0 Å². The summed E-state index contributed by atoms with van der Waals surface area (Å²) in [5.41, 5.74) is 0. The van der Waals surface area contributed by atoms with Gasteiger partial charge in [0.15, 0.2) is 0 Å². The molecular weight excluding hydrogens is 171 g/mol. The second-order valence-electron chi connectivity index (χ2n) is 2.74. The average molecular weight is 187 g/mol. The van der Waals surface area contributed by atoms with Crippen molar-refractivity contribution in [3.8, 4) is 0 Å². The van der Waals surface area contributed by atoms with Crippen molar-refractivity contribution < 1.29 is 0 Å². The molecule has 9 heavy (non-hydrogen) atoms. The zero-order valence-corrected chi connectivity index (χ0v) is 8.72. The van der Waals surface area contributed by atoms with E-state index in [4.69, 9.17) is 0 Å². The van der Waals surface area contributed by atoms with Gasteiger partial charge in [-0.05, 0) is 0 Å². The maximum Gasteiger partial charge on any atom is 0.0336 e. The average Bonchev–Trinajstić information content (AvgIpc) is 1.69. The summed E-state index contributed by atoms with van der Waals surface area (Å²) in [7, 11) is -0.0945. The van der Waals surface area contributed by atoms with Gasteiger partial charge in [-0.2, -0.15) is 0 Å². The molecule has 1 saturated heterocycles. The normalized spacial score (nSPS) is 19.7. The molecular formula is C6H16Cl2Si. The van der Waals surface area contributed by atoms with E-state index in [2.05, 4.69) is 6.55 Å². The maximum absolute atomic E-state index is 2.50. The van der Waals surface area contributed by atoms with Crippen LogP contribution >= 0.6 is 24.8 Å². The van der Waals surface area contributed by atoms with Crippen LogP contribution in [-0.2, 0) is 0 Å². The van der Waals surface area contributed by atoms with Gasteiger partial charge in [0.2, 0.25) is 0 Å². The van der Waals surface area contributed by atoms with E-state index in [0.717, 1.165) is 0 Å². The highest BCUT2D eigenvalue weighted by atomic mass is 35.5. The van der Waals surface area contributed by atoms with Gasteiger partial charge in [-0.25, -0.2) is 0 Å². The number of rotatable bonds is 0. The lowest BCUT2D eigenvalue weighted by atomic mass is 10.3. The summed E-state index contributed by atoms with van der Waals surface area (Å²) in [6, 6.07) is 3.25. The molecule has 0 atom stereocenters. The summed E-state index contributed by atoms with van der Waals surface area (Å²) in [5, 5.41) is 0. The zero-order chi connectivity index (χ0) is 5.11. The number of hydrogen-bond acceptors (Lipinski definition) is 0. The molecule has 0 radical (unpaired) electrons. The molecule has 0 bridgehead atoms. The van der Waals surface area contributed by atoms with Crippen molar-refractivity contribution in [1.29, 1.82) is 0 Å². The summed E-state index contributed by atoms with van der Waals surface area (Å²) in [5.74, 6) is 0. The number of hydrogen-bond donors (Lipinski definition) is 0. The summed E-state index contributed by atoms with van der Waals surface area (Å²) >= 11 is 0. The molecule has 1 aliphatic heterocycles. The molecule has 3 heteroatoms. The highest BCUT2D eigenvalue weighted by Crippen LogP contribution is 2.17. The third-order valence-corrected chi connectivity index (χ3v) is 4.68. The molecule has 1 aliphatic rings. The van der Waals surface area contributed by atoms with Crippen molar-refractivity contribution in [1.82, 2.24) is 0 Å². The molecule has 0 N–H and O–H groups in total. The quantitative estimate of drug-likeness (QED) is 0.511. The first kappa shape index (κ1) is 12.5. The largest absolute Gasteiger partial charge is 0.147 e. The van der Waals surface area contributed by atoms with E-state index in [0.29, 0.717) is 0 Å². The Kier molecular flexibility index (Phi) is 9.58. The molecule has 0 aromatic heterocycles. The summed E-state index contributed by atoms with van der Waals surface area (Å²) < 4.78 is 0. The molecule has 0 aromatic carbocycles. The van der Waals surface area contributed by atoms with E-state index in [1.165, 1.54) is 6.42 Å². The van der Waals surface area contributed by atoms with Crippen molar-refractivity contribution in [3.05, 3.63) is 0 Å². The lowest BCUT2D eigenvalue weighted by molar-refractivity contribution is 0.725. The van der Waals surface area contributed by atoms with Crippen LogP contribution in [0.2, 0.25) is 18.6 Å². The first-order valence-electron chi connectivity index (χ1n) is 3.39. The topological polar surface area (TPSA) is 0 Å². The van der Waals surface area contributed by atoms with E-state index in [-0.39, 0.29) is 33.6 Å². The predicted molar refractivity (Wildman–Crippen MR) is 51.0 cm³/mol. The monoisotopic (exact) mass is 186 g/mol. The molecule has 0 saturated carbocycles. The van der Waals surface area contributed by atoms with Crippen molar-refractivity contribution in [2.24, 2.45) is 0 Å².